The molecule has 0 aliphatic carbocycles. The zero-order valence-electron chi connectivity index (χ0n) is 15.8. The van der Waals surface area contributed by atoms with Gasteiger partial charge in [0.1, 0.15) is 5.56 Å². The molecule has 0 unspecified atom stereocenters. The highest BCUT2D eigenvalue weighted by Gasteiger charge is 2.26. The van der Waals surface area contributed by atoms with Crippen molar-refractivity contribution in [3.05, 3.63) is 52.1 Å². The number of nitro groups is 1. The predicted octanol–water partition coefficient (Wildman–Crippen LogP) is 1.05. The quantitative estimate of drug-likeness (QED) is 0.346. The fourth-order valence-corrected chi connectivity index (χ4v) is 2.90. The molecular formula is C17H17N3O9S. The molecular weight excluding hydrogens is 422 g/mol. The molecule has 3 N–H and O–H groups in total. The molecule has 2 rings (SSSR count). The molecule has 0 aliphatic heterocycles. The second-order valence-electron chi connectivity index (χ2n) is 5.68. The Hall–Kier alpha value is -3.71. The van der Waals surface area contributed by atoms with Gasteiger partial charge >= 0.3 is 5.97 Å². The van der Waals surface area contributed by atoms with Crippen LogP contribution in [-0.4, -0.2) is 46.0 Å². The Labute approximate surface area is 170 Å². The highest BCUT2D eigenvalue weighted by atomic mass is 32.2. The van der Waals surface area contributed by atoms with E-state index in [1.807, 2.05) is 0 Å². The Morgan fingerprint density at radius 1 is 1.13 bits per heavy atom. The van der Waals surface area contributed by atoms with Crippen molar-refractivity contribution in [2.24, 2.45) is 5.14 Å². The zero-order chi connectivity index (χ0) is 22.5. The van der Waals surface area contributed by atoms with Crippen LogP contribution in [0.5, 0.6) is 11.5 Å². The van der Waals surface area contributed by atoms with E-state index in [1.54, 1.807) is 0 Å². The number of anilines is 1. The van der Waals surface area contributed by atoms with Gasteiger partial charge in [0, 0.05) is 11.8 Å². The van der Waals surface area contributed by atoms with Crippen molar-refractivity contribution >= 4 is 33.3 Å². The fraction of sp³-hybridized carbons (Fsp3) is 0.176. The first-order chi connectivity index (χ1) is 14.1. The van der Waals surface area contributed by atoms with Crippen LogP contribution in [0.1, 0.15) is 10.4 Å². The van der Waals surface area contributed by atoms with E-state index in [-0.39, 0.29) is 22.1 Å². The second kappa shape index (κ2) is 9.19. The van der Waals surface area contributed by atoms with E-state index < -0.39 is 44.7 Å². The number of hydrogen-bond acceptors (Lipinski definition) is 9. The van der Waals surface area contributed by atoms with Crippen molar-refractivity contribution in [3.63, 3.8) is 0 Å². The summed E-state index contributed by atoms with van der Waals surface area (Å²) in [6.45, 7) is -0.788. The summed E-state index contributed by atoms with van der Waals surface area (Å²) in [6, 6.07) is 7.17. The monoisotopic (exact) mass is 439 g/mol. The summed E-state index contributed by atoms with van der Waals surface area (Å²) in [5, 5.41) is 18.6. The third kappa shape index (κ3) is 5.42. The maximum Gasteiger partial charge on any atom is 0.345 e. The van der Waals surface area contributed by atoms with Crippen LogP contribution in [0.15, 0.2) is 41.3 Å². The summed E-state index contributed by atoms with van der Waals surface area (Å²) in [5.74, 6) is -1.86. The third-order valence-corrected chi connectivity index (χ3v) is 4.61. The molecule has 0 saturated carbocycles. The molecule has 0 aliphatic rings. The summed E-state index contributed by atoms with van der Waals surface area (Å²) in [4.78, 5) is 34.5. The van der Waals surface area contributed by atoms with Crippen molar-refractivity contribution in [1.82, 2.24) is 0 Å². The number of hydrogen-bond donors (Lipinski definition) is 2. The Balaban J connectivity index is 2.14. The van der Waals surface area contributed by atoms with Crippen LogP contribution >= 0.6 is 0 Å². The highest BCUT2D eigenvalue weighted by molar-refractivity contribution is 7.89. The van der Waals surface area contributed by atoms with Crippen molar-refractivity contribution in [1.29, 1.82) is 0 Å². The lowest BCUT2D eigenvalue weighted by atomic mass is 10.1. The number of sulfonamides is 1. The first-order valence-electron chi connectivity index (χ1n) is 8.07. The number of ether oxygens (including phenoxy) is 3. The number of rotatable bonds is 8. The molecule has 0 saturated heterocycles. The molecule has 0 fully saturated rings. The molecule has 160 valence electrons. The summed E-state index contributed by atoms with van der Waals surface area (Å²) in [7, 11) is -1.42. The molecule has 0 heterocycles. The lowest BCUT2D eigenvalue weighted by Crippen LogP contribution is -2.21. The summed E-state index contributed by atoms with van der Waals surface area (Å²) in [6.07, 6.45) is 0. The number of benzene rings is 2. The van der Waals surface area contributed by atoms with Crippen LogP contribution < -0.4 is 19.9 Å². The highest BCUT2D eigenvalue weighted by Crippen LogP contribution is 2.34. The normalized spacial score (nSPS) is 10.8. The van der Waals surface area contributed by atoms with Crippen LogP contribution in [0, 0.1) is 10.1 Å². The summed E-state index contributed by atoms with van der Waals surface area (Å²) >= 11 is 0. The van der Waals surface area contributed by atoms with E-state index in [0.717, 1.165) is 18.2 Å². The Bertz CT molecular complexity index is 1100. The van der Waals surface area contributed by atoms with E-state index in [4.69, 9.17) is 19.3 Å². The molecule has 0 atom stereocenters. The SMILES string of the molecule is COc1cc(C(=O)OCC(=O)Nc2cccc(S(N)(=O)=O)c2)c([N+](=O)[O-])cc1OC. The van der Waals surface area contributed by atoms with Crippen molar-refractivity contribution < 1.29 is 37.1 Å². The second-order valence-corrected chi connectivity index (χ2v) is 7.24. The molecule has 0 bridgehead atoms. The maximum absolute atomic E-state index is 12.3. The smallest absolute Gasteiger partial charge is 0.345 e. The zero-order valence-corrected chi connectivity index (χ0v) is 16.6. The molecule has 0 aromatic heterocycles. The predicted molar refractivity (Wildman–Crippen MR) is 103 cm³/mol. The van der Waals surface area contributed by atoms with Crippen LogP contribution in [0.4, 0.5) is 11.4 Å². The van der Waals surface area contributed by atoms with E-state index in [9.17, 15) is 28.1 Å². The standard InChI is InChI=1S/C17H17N3O9S/c1-27-14-7-12(13(20(23)24)8-15(14)28-2)17(22)29-9-16(21)19-10-4-3-5-11(6-10)30(18,25)26/h3-8H,9H2,1-2H3,(H,19,21)(H2,18,25,26). The Kier molecular flexibility index (Phi) is 6.92. The number of carbonyl (C=O) groups excluding carboxylic acids is 2. The van der Waals surface area contributed by atoms with Gasteiger partial charge in [-0.1, -0.05) is 6.07 Å². The van der Waals surface area contributed by atoms with Gasteiger partial charge in [0.2, 0.25) is 10.0 Å². The maximum atomic E-state index is 12.3. The number of nitrogens with two attached hydrogens (primary N) is 1. The lowest BCUT2D eigenvalue weighted by Gasteiger charge is -2.11. The molecule has 0 radical (unpaired) electrons. The molecule has 13 heteroatoms. The van der Waals surface area contributed by atoms with Gasteiger partial charge in [-0.3, -0.25) is 14.9 Å². The minimum atomic E-state index is -3.97. The van der Waals surface area contributed by atoms with Gasteiger partial charge in [-0.2, -0.15) is 0 Å². The number of esters is 1. The number of carbonyl (C=O) groups is 2. The summed E-state index contributed by atoms with van der Waals surface area (Å²) in [5.41, 5.74) is -0.944. The van der Waals surface area contributed by atoms with Gasteiger partial charge in [-0.15, -0.1) is 0 Å². The fourth-order valence-electron chi connectivity index (χ4n) is 2.34. The number of nitrogens with one attached hydrogen (secondary N) is 1. The van der Waals surface area contributed by atoms with Crippen LogP contribution in [0.25, 0.3) is 0 Å². The minimum absolute atomic E-state index is 0.0354. The number of nitrogens with zero attached hydrogens (tertiary/aromatic N) is 1. The summed E-state index contributed by atoms with van der Waals surface area (Å²) < 4.78 is 37.5. The van der Waals surface area contributed by atoms with Gasteiger partial charge in [-0.05, 0) is 18.2 Å². The molecule has 2 aromatic rings. The lowest BCUT2D eigenvalue weighted by molar-refractivity contribution is -0.385. The van der Waals surface area contributed by atoms with E-state index in [0.29, 0.717) is 0 Å². The average Bonchev–Trinajstić information content (AvgIpc) is 2.70. The van der Waals surface area contributed by atoms with Crippen LogP contribution in [0.3, 0.4) is 0 Å². The van der Waals surface area contributed by atoms with Crippen LogP contribution in [0.2, 0.25) is 0 Å². The van der Waals surface area contributed by atoms with E-state index in [1.165, 1.54) is 32.4 Å². The van der Waals surface area contributed by atoms with Crippen LogP contribution in [-0.2, 0) is 19.6 Å². The number of nitro benzene ring substituents is 1. The van der Waals surface area contributed by atoms with E-state index >= 15 is 0 Å². The van der Waals surface area contributed by atoms with Gasteiger partial charge in [0.15, 0.2) is 18.1 Å². The van der Waals surface area contributed by atoms with Gasteiger partial charge < -0.3 is 19.5 Å². The molecule has 30 heavy (non-hydrogen) atoms. The third-order valence-electron chi connectivity index (χ3n) is 3.70. The number of amides is 1. The molecule has 0 spiro atoms. The van der Waals surface area contributed by atoms with Gasteiger partial charge in [0.25, 0.3) is 11.6 Å². The minimum Gasteiger partial charge on any atom is -0.493 e. The number of methoxy groups -OCH3 is 2. The molecule has 12 nitrogen and oxygen atoms in total. The Morgan fingerprint density at radius 2 is 1.77 bits per heavy atom. The van der Waals surface area contributed by atoms with Crippen molar-refractivity contribution in [2.45, 2.75) is 4.90 Å². The van der Waals surface area contributed by atoms with Gasteiger partial charge in [0.05, 0.1) is 30.1 Å². The van der Waals surface area contributed by atoms with Crippen molar-refractivity contribution in [3.8, 4) is 11.5 Å². The largest absolute Gasteiger partial charge is 0.493 e. The first kappa shape index (κ1) is 22.6. The Morgan fingerprint density at radius 3 is 2.33 bits per heavy atom. The van der Waals surface area contributed by atoms with E-state index in [2.05, 4.69) is 5.32 Å². The topological polar surface area (TPSA) is 177 Å². The van der Waals surface area contributed by atoms with Gasteiger partial charge in [-0.25, -0.2) is 18.4 Å². The number of primary sulfonamides is 1. The average molecular weight is 439 g/mol. The van der Waals surface area contributed by atoms with Crippen molar-refractivity contribution in [2.75, 3.05) is 26.1 Å². The first-order valence-corrected chi connectivity index (χ1v) is 9.61. The molecule has 1 amide bonds. The molecule has 2 aromatic carbocycles.